The Morgan fingerprint density at radius 3 is 2.72 bits per heavy atom. The van der Waals surface area contributed by atoms with Gasteiger partial charge in [-0.25, -0.2) is 4.98 Å². The molecule has 3 rings (SSSR count). The van der Waals surface area contributed by atoms with E-state index in [2.05, 4.69) is 15.6 Å². The molecule has 1 fully saturated rings. The van der Waals surface area contributed by atoms with E-state index in [4.69, 9.17) is 4.42 Å². The molecule has 0 radical (unpaired) electrons. The number of rotatable bonds is 5. The molecule has 1 aliphatic rings. The lowest BCUT2D eigenvalue weighted by atomic mass is 9.89. The van der Waals surface area contributed by atoms with Crippen molar-refractivity contribution in [3.8, 4) is 0 Å². The van der Waals surface area contributed by atoms with Crippen LogP contribution < -0.4 is 10.6 Å². The highest BCUT2D eigenvalue weighted by atomic mass is 16.3. The molecular weight excluding hydrogens is 318 g/mol. The summed E-state index contributed by atoms with van der Waals surface area (Å²) in [6, 6.07) is 5.36. The molecule has 0 aliphatic heterocycles. The van der Waals surface area contributed by atoms with E-state index in [1.807, 2.05) is 13.8 Å². The average molecular weight is 343 g/mol. The monoisotopic (exact) mass is 343 g/mol. The maximum Gasteiger partial charge on any atom is 0.243 e. The van der Waals surface area contributed by atoms with Gasteiger partial charge >= 0.3 is 0 Å². The molecule has 134 valence electrons. The van der Waals surface area contributed by atoms with E-state index < -0.39 is 0 Å². The number of anilines is 1. The van der Waals surface area contributed by atoms with E-state index in [1.54, 1.807) is 18.2 Å². The van der Waals surface area contributed by atoms with Crippen LogP contribution in [0.5, 0.6) is 0 Å². The third kappa shape index (κ3) is 4.38. The Kier molecular flexibility index (Phi) is 5.36. The number of oxazole rings is 1. The Balaban J connectivity index is 1.55. The van der Waals surface area contributed by atoms with Crippen LogP contribution in [0.3, 0.4) is 0 Å². The van der Waals surface area contributed by atoms with Crippen LogP contribution in [0.25, 0.3) is 11.1 Å². The molecule has 2 amide bonds. The van der Waals surface area contributed by atoms with E-state index >= 15 is 0 Å². The SMILES string of the molecule is CC(C)c1nc2cc(NC(=O)CNC(=O)C3CCCCC3)ccc2o1. The highest BCUT2D eigenvalue weighted by Crippen LogP contribution is 2.24. The van der Waals surface area contributed by atoms with E-state index in [0.29, 0.717) is 22.7 Å². The Morgan fingerprint density at radius 2 is 2.00 bits per heavy atom. The lowest BCUT2D eigenvalue weighted by Gasteiger charge is -2.20. The summed E-state index contributed by atoms with van der Waals surface area (Å²) in [5, 5.41) is 5.54. The first-order chi connectivity index (χ1) is 12.0. The molecule has 1 aromatic heterocycles. The molecule has 2 N–H and O–H groups in total. The Morgan fingerprint density at radius 1 is 1.24 bits per heavy atom. The zero-order valence-electron chi connectivity index (χ0n) is 14.8. The van der Waals surface area contributed by atoms with E-state index in [9.17, 15) is 9.59 Å². The maximum atomic E-state index is 12.1. The fourth-order valence-electron chi connectivity index (χ4n) is 3.15. The van der Waals surface area contributed by atoms with Crippen LogP contribution in [0, 0.1) is 5.92 Å². The third-order valence-corrected chi connectivity index (χ3v) is 4.58. The molecule has 0 atom stereocenters. The van der Waals surface area contributed by atoms with Crippen LogP contribution in [-0.4, -0.2) is 23.3 Å². The molecule has 1 aliphatic carbocycles. The zero-order valence-corrected chi connectivity index (χ0v) is 14.8. The van der Waals surface area contributed by atoms with Crippen LogP contribution in [0.2, 0.25) is 0 Å². The van der Waals surface area contributed by atoms with Gasteiger partial charge in [0.15, 0.2) is 11.5 Å². The van der Waals surface area contributed by atoms with Gasteiger partial charge in [0.2, 0.25) is 11.8 Å². The Bertz CT molecular complexity index is 760. The van der Waals surface area contributed by atoms with Crippen molar-refractivity contribution in [2.24, 2.45) is 5.92 Å². The number of hydrogen-bond acceptors (Lipinski definition) is 4. The van der Waals surface area contributed by atoms with Crippen molar-refractivity contribution in [3.05, 3.63) is 24.1 Å². The molecule has 1 aromatic carbocycles. The highest BCUT2D eigenvalue weighted by Gasteiger charge is 2.21. The van der Waals surface area contributed by atoms with Gasteiger partial charge in [0, 0.05) is 17.5 Å². The second-order valence-electron chi connectivity index (χ2n) is 6.99. The quantitative estimate of drug-likeness (QED) is 0.869. The Labute approximate surface area is 147 Å². The van der Waals surface area contributed by atoms with Gasteiger partial charge < -0.3 is 15.1 Å². The zero-order chi connectivity index (χ0) is 17.8. The van der Waals surface area contributed by atoms with Gasteiger partial charge in [0.1, 0.15) is 5.52 Å². The van der Waals surface area contributed by atoms with E-state index in [-0.39, 0.29) is 30.2 Å². The second-order valence-corrected chi connectivity index (χ2v) is 6.99. The normalized spacial score (nSPS) is 15.5. The first-order valence-electron chi connectivity index (χ1n) is 9.01. The summed E-state index contributed by atoms with van der Waals surface area (Å²) >= 11 is 0. The summed E-state index contributed by atoms with van der Waals surface area (Å²) in [5.41, 5.74) is 2.06. The molecule has 25 heavy (non-hydrogen) atoms. The van der Waals surface area contributed by atoms with Crippen molar-refractivity contribution >= 4 is 28.6 Å². The lowest BCUT2D eigenvalue weighted by molar-refractivity contribution is -0.128. The summed E-state index contributed by atoms with van der Waals surface area (Å²) in [7, 11) is 0. The van der Waals surface area contributed by atoms with Crippen LogP contribution in [0.15, 0.2) is 22.6 Å². The van der Waals surface area contributed by atoms with Gasteiger partial charge in [-0.15, -0.1) is 0 Å². The summed E-state index contributed by atoms with van der Waals surface area (Å²) in [6.45, 7) is 4.02. The molecule has 6 nitrogen and oxygen atoms in total. The number of benzene rings is 1. The molecule has 6 heteroatoms. The van der Waals surface area contributed by atoms with Gasteiger partial charge in [0.05, 0.1) is 6.54 Å². The van der Waals surface area contributed by atoms with Crippen molar-refractivity contribution in [2.45, 2.75) is 51.9 Å². The number of hydrogen-bond donors (Lipinski definition) is 2. The third-order valence-electron chi connectivity index (χ3n) is 4.58. The number of fused-ring (bicyclic) bond motifs is 1. The van der Waals surface area contributed by atoms with Crippen LogP contribution >= 0.6 is 0 Å². The topological polar surface area (TPSA) is 84.2 Å². The van der Waals surface area contributed by atoms with Crippen molar-refractivity contribution < 1.29 is 14.0 Å². The highest BCUT2D eigenvalue weighted by molar-refractivity contribution is 5.96. The molecule has 1 heterocycles. The van der Waals surface area contributed by atoms with Gasteiger partial charge in [-0.3, -0.25) is 9.59 Å². The minimum absolute atomic E-state index is 0.0105. The van der Waals surface area contributed by atoms with Gasteiger partial charge in [0.25, 0.3) is 0 Å². The van der Waals surface area contributed by atoms with Gasteiger partial charge in [-0.05, 0) is 31.0 Å². The van der Waals surface area contributed by atoms with Crippen LogP contribution in [-0.2, 0) is 9.59 Å². The van der Waals surface area contributed by atoms with Gasteiger partial charge in [-0.1, -0.05) is 33.1 Å². The smallest absolute Gasteiger partial charge is 0.243 e. The largest absolute Gasteiger partial charge is 0.440 e. The predicted octanol–water partition coefficient (Wildman–Crippen LogP) is 3.59. The maximum absolute atomic E-state index is 12.1. The molecule has 0 unspecified atom stereocenters. The minimum atomic E-state index is -0.240. The van der Waals surface area contributed by atoms with Crippen molar-refractivity contribution in [1.29, 1.82) is 0 Å². The summed E-state index contributed by atoms with van der Waals surface area (Å²) in [4.78, 5) is 28.6. The summed E-state index contributed by atoms with van der Waals surface area (Å²) in [6.07, 6.45) is 5.25. The first-order valence-corrected chi connectivity index (χ1v) is 9.01. The molecule has 1 saturated carbocycles. The second kappa shape index (κ2) is 7.68. The number of aromatic nitrogens is 1. The lowest BCUT2D eigenvalue weighted by Crippen LogP contribution is -2.37. The van der Waals surface area contributed by atoms with Crippen molar-refractivity contribution in [3.63, 3.8) is 0 Å². The number of carbonyl (C=O) groups is 2. The van der Waals surface area contributed by atoms with Gasteiger partial charge in [-0.2, -0.15) is 0 Å². The van der Waals surface area contributed by atoms with Crippen LogP contribution in [0.1, 0.15) is 57.8 Å². The predicted molar refractivity (Wildman–Crippen MR) is 96.3 cm³/mol. The standard InChI is InChI=1S/C19H25N3O3/c1-12(2)19-22-15-10-14(8-9-16(15)25-19)21-17(23)11-20-18(24)13-6-4-3-5-7-13/h8-10,12-13H,3-7,11H2,1-2H3,(H,20,24)(H,21,23). The number of nitrogens with zero attached hydrogens (tertiary/aromatic N) is 1. The van der Waals surface area contributed by atoms with Crippen molar-refractivity contribution in [1.82, 2.24) is 10.3 Å². The molecular formula is C19H25N3O3. The number of carbonyl (C=O) groups excluding carboxylic acids is 2. The summed E-state index contributed by atoms with van der Waals surface area (Å²) in [5.74, 6) is 0.695. The minimum Gasteiger partial charge on any atom is -0.440 e. The average Bonchev–Trinajstić information content (AvgIpc) is 3.04. The van der Waals surface area contributed by atoms with Crippen LogP contribution in [0.4, 0.5) is 5.69 Å². The van der Waals surface area contributed by atoms with Crippen molar-refractivity contribution in [2.75, 3.05) is 11.9 Å². The molecule has 0 bridgehead atoms. The number of amides is 2. The fraction of sp³-hybridized carbons (Fsp3) is 0.526. The summed E-state index contributed by atoms with van der Waals surface area (Å²) < 4.78 is 5.65. The van der Waals surface area contributed by atoms with E-state index in [1.165, 1.54) is 6.42 Å². The molecule has 0 saturated heterocycles. The van der Waals surface area contributed by atoms with E-state index in [0.717, 1.165) is 25.7 Å². The number of nitrogens with one attached hydrogen (secondary N) is 2. The first kappa shape index (κ1) is 17.5. The Hall–Kier alpha value is -2.37. The molecule has 0 spiro atoms. The molecule has 2 aromatic rings. The fourth-order valence-corrected chi connectivity index (χ4v) is 3.15.